The quantitative estimate of drug-likeness (QED) is 0.616. The monoisotopic (exact) mass is 269 g/mol. The number of hydrogen-bond acceptors (Lipinski definition) is 3. The summed E-state index contributed by atoms with van der Waals surface area (Å²) in [6.07, 6.45) is 0. The molecule has 0 bridgehead atoms. The van der Waals surface area contributed by atoms with Crippen LogP contribution in [0.1, 0.15) is 19.4 Å². The molecule has 0 heterocycles. The van der Waals surface area contributed by atoms with Crippen LogP contribution in [0.5, 0.6) is 0 Å². The lowest BCUT2D eigenvalue weighted by Crippen LogP contribution is -2.37. The van der Waals surface area contributed by atoms with Crippen LogP contribution in [0.15, 0.2) is 18.2 Å². The number of halogens is 1. The maximum absolute atomic E-state index is 7.66. The average molecular weight is 270 g/mol. The van der Waals surface area contributed by atoms with E-state index >= 15 is 0 Å². The Bertz CT molecular complexity index is 423. The molecule has 0 amide bonds. The Balaban J connectivity index is 3.21. The summed E-state index contributed by atoms with van der Waals surface area (Å²) in [5.74, 6) is -0.0151. The van der Waals surface area contributed by atoms with Crippen LogP contribution < -0.4 is 10.6 Å². The van der Waals surface area contributed by atoms with Crippen LogP contribution in [-0.2, 0) is 4.74 Å². The van der Waals surface area contributed by atoms with Gasteiger partial charge in [-0.1, -0.05) is 17.7 Å². The van der Waals surface area contributed by atoms with Gasteiger partial charge in [-0.05, 0) is 26.0 Å². The van der Waals surface area contributed by atoms with Crippen molar-refractivity contribution in [3.8, 4) is 0 Å². The van der Waals surface area contributed by atoms with Gasteiger partial charge in [0.1, 0.15) is 5.84 Å². The molecule has 0 aliphatic heterocycles. The van der Waals surface area contributed by atoms with Gasteiger partial charge in [0.2, 0.25) is 0 Å². The SMILES string of the molecule is CCN(c1cccc(Cl)c1C(=N)N)C(C)COC. The predicted molar refractivity (Wildman–Crippen MR) is 76.8 cm³/mol. The van der Waals surface area contributed by atoms with E-state index < -0.39 is 0 Å². The number of hydrogen-bond donors (Lipinski definition) is 2. The molecule has 1 unspecified atom stereocenters. The third kappa shape index (κ3) is 3.15. The van der Waals surface area contributed by atoms with Crippen LogP contribution in [0.3, 0.4) is 0 Å². The van der Waals surface area contributed by atoms with Gasteiger partial charge in [0, 0.05) is 25.4 Å². The highest BCUT2D eigenvalue weighted by Crippen LogP contribution is 2.28. The molecular weight excluding hydrogens is 250 g/mol. The summed E-state index contributed by atoms with van der Waals surface area (Å²) in [5, 5.41) is 8.17. The van der Waals surface area contributed by atoms with E-state index in [0.717, 1.165) is 12.2 Å². The summed E-state index contributed by atoms with van der Waals surface area (Å²) >= 11 is 6.13. The standard InChI is InChI=1S/C13H20ClN3O/c1-4-17(9(2)8-18-3)11-7-5-6-10(14)12(11)13(15)16/h5-7,9H,4,8H2,1-3H3,(H3,15,16). The summed E-state index contributed by atoms with van der Waals surface area (Å²) in [7, 11) is 1.67. The van der Waals surface area contributed by atoms with E-state index in [-0.39, 0.29) is 11.9 Å². The van der Waals surface area contributed by atoms with E-state index in [1.54, 1.807) is 13.2 Å². The van der Waals surface area contributed by atoms with Gasteiger partial charge in [-0.2, -0.15) is 0 Å². The first kappa shape index (κ1) is 14.8. The summed E-state index contributed by atoms with van der Waals surface area (Å²) in [5.41, 5.74) is 7.09. The fourth-order valence-corrected chi connectivity index (χ4v) is 2.34. The van der Waals surface area contributed by atoms with Crippen molar-refractivity contribution in [2.75, 3.05) is 25.2 Å². The van der Waals surface area contributed by atoms with Gasteiger partial charge in [0.15, 0.2) is 0 Å². The zero-order chi connectivity index (χ0) is 13.7. The molecule has 5 heteroatoms. The number of nitrogens with one attached hydrogen (secondary N) is 1. The highest BCUT2D eigenvalue weighted by atomic mass is 35.5. The summed E-state index contributed by atoms with van der Waals surface area (Å²) in [6.45, 7) is 5.53. The summed E-state index contributed by atoms with van der Waals surface area (Å²) < 4.78 is 5.18. The van der Waals surface area contributed by atoms with Crippen LogP contribution in [0, 0.1) is 5.41 Å². The van der Waals surface area contributed by atoms with Crippen LogP contribution in [0.25, 0.3) is 0 Å². The topological polar surface area (TPSA) is 62.3 Å². The van der Waals surface area contributed by atoms with E-state index in [1.165, 1.54) is 0 Å². The number of nitrogen functional groups attached to an aromatic ring is 1. The minimum Gasteiger partial charge on any atom is -0.384 e. The number of benzene rings is 1. The molecule has 0 saturated heterocycles. The first-order chi connectivity index (χ1) is 8.52. The summed E-state index contributed by atoms with van der Waals surface area (Å²) in [4.78, 5) is 2.13. The highest BCUT2D eigenvalue weighted by Gasteiger charge is 2.19. The lowest BCUT2D eigenvalue weighted by Gasteiger charge is -2.31. The highest BCUT2D eigenvalue weighted by molar-refractivity contribution is 6.34. The molecule has 1 aromatic rings. The van der Waals surface area contributed by atoms with Gasteiger partial charge >= 0.3 is 0 Å². The van der Waals surface area contributed by atoms with E-state index in [2.05, 4.69) is 18.7 Å². The third-order valence-corrected chi connectivity index (χ3v) is 3.17. The minimum atomic E-state index is -0.0151. The van der Waals surface area contributed by atoms with E-state index in [1.807, 2.05) is 12.1 Å². The van der Waals surface area contributed by atoms with Crippen molar-refractivity contribution in [2.45, 2.75) is 19.9 Å². The molecule has 0 saturated carbocycles. The van der Waals surface area contributed by atoms with Crippen LogP contribution in [0.2, 0.25) is 5.02 Å². The normalized spacial score (nSPS) is 12.2. The Kier molecular flexibility index (Phi) is 5.44. The second-order valence-corrected chi connectivity index (χ2v) is 4.55. The van der Waals surface area contributed by atoms with E-state index in [9.17, 15) is 0 Å². The molecular formula is C13H20ClN3O. The Morgan fingerprint density at radius 2 is 2.22 bits per heavy atom. The van der Waals surface area contributed by atoms with Gasteiger partial charge in [-0.25, -0.2) is 0 Å². The van der Waals surface area contributed by atoms with Gasteiger partial charge < -0.3 is 15.4 Å². The minimum absolute atomic E-state index is 0.0151. The Hall–Kier alpha value is -1.26. The molecule has 18 heavy (non-hydrogen) atoms. The number of amidine groups is 1. The smallest absolute Gasteiger partial charge is 0.126 e. The molecule has 1 atom stereocenters. The molecule has 3 N–H and O–H groups in total. The molecule has 0 fully saturated rings. The van der Waals surface area contributed by atoms with Crippen molar-refractivity contribution in [1.29, 1.82) is 5.41 Å². The zero-order valence-corrected chi connectivity index (χ0v) is 11.8. The first-order valence-electron chi connectivity index (χ1n) is 5.91. The van der Waals surface area contributed by atoms with Crippen molar-refractivity contribution >= 4 is 23.1 Å². The van der Waals surface area contributed by atoms with Gasteiger partial charge in [0.25, 0.3) is 0 Å². The first-order valence-corrected chi connectivity index (χ1v) is 6.29. The van der Waals surface area contributed by atoms with E-state index in [4.69, 9.17) is 27.5 Å². The van der Waals surface area contributed by atoms with Crippen molar-refractivity contribution in [2.24, 2.45) is 5.73 Å². The second kappa shape index (κ2) is 6.61. The largest absolute Gasteiger partial charge is 0.384 e. The predicted octanol–water partition coefficient (Wildman–Crippen LogP) is 2.49. The Morgan fingerprint density at radius 1 is 1.56 bits per heavy atom. The van der Waals surface area contributed by atoms with Crippen molar-refractivity contribution < 1.29 is 4.74 Å². The number of rotatable bonds is 6. The number of likely N-dealkylation sites (N-methyl/N-ethyl adjacent to an activating group) is 1. The number of anilines is 1. The maximum Gasteiger partial charge on any atom is 0.126 e. The molecule has 100 valence electrons. The van der Waals surface area contributed by atoms with Gasteiger partial charge in [-0.3, -0.25) is 5.41 Å². The molecule has 1 rings (SSSR count). The molecule has 0 aliphatic rings. The molecule has 0 aromatic heterocycles. The molecule has 1 aromatic carbocycles. The molecule has 4 nitrogen and oxygen atoms in total. The lowest BCUT2D eigenvalue weighted by molar-refractivity contribution is 0.182. The number of ether oxygens (including phenoxy) is 1. The van der Waals surface area contributed by atoms with Crippen molar-refractivity contribution in [3.63, 3.8) is 0 Å². The fourth-order valence-electron chi connectivity index (χ4n) is 2.07. The Morgan fingerprint density at radius 3 is 2.72 bits per heavy atom. The van der Waals surface area contributed by atoms with Crippen LogP contribution >= 0.6 is 11.6 Å². The van der Waals surface area contributed by atoms with Crippen molar-refractivity contribution in [1.82, 2.24) is 0 Å². The molecule has 0 radical (unpaired) electrons. The molecule has 0 spiro atoms. The van der Waals surface area contributed by atoms with Crippen LogP contribution in [-0.4, -0.2) is 32.1 Å². The second-order valence-electron chi connectivity index (χ2n) is 4.14. The fraction of sp³-hybridized carbons (Fsp3) is 0.462. The average Bonchev–Trinajstić information content (AvgIpc) is 2.29. The zero-order valence-electron chi connectivity index (χ0n) is 11.0. The lowest BCUT2D eigenvalue weighted by atomic mass is 10.1. The van der Waals surface area contributed by atoms with Gasteiger partial charge in [0.05, 0.1) is 17.2 Å². The number of nitrogens with zero attached hydrogens (tertiary/aromatic N) is 1. The third-order valence-electron chi connectivity index (χ3n) is 2.85. The summed E-state index contributed by atoms with van der Waals surface area (Å²) in [6, 6.07) is 5.73. The number of methoxy groups -OCH3 is 1. The number of nitrogens with two attached hydrogens (primary N) is 1. The van der Waals surface area contributed by atoms with E-state index in [0.29, 0.717) is 17.2 Å². The van der Waals surface area contributed by atoms with Crippen LogP contribution in [0.4, 0.5) is 5.69 Å². The van der Waals surface area contributed by atoms with Crippen molar-refractivity contribution in [3.05, 3.63) is 28.8 Å². The Labute approximate surface area is 113 Å². The maximum atomic E-state index is 7.66. The molecule has 0 aliphatic carbocycles. The van der Waals surface area contributed by atoms with Gasteiger partial charge in [-0.15, -0.1) is 0 Å².